The van der Waals surface area contributed by atoms with Gasteiger partial charge in [-0.1, -0.05) is 0 Å². The lowest BCUT2D eigenvalue weighted by Gasteiger charge is -2.32. The smallest absolute Gasteiger partial charge is 0.202 e. The monoisotopic (exact) mass is 181 g/mol. The van der Waals surface area contributed by atoms with E-state index in [1.165, 1.54) is 0 Å². The van der Waals surface area contributed by atoms with Gasteiger partial charge >= 0.3 is 0 Å². The summed E-state index contributed by atoms with van der Waals surface area (Å²) < 4.78 is 2.06. The van der Waals surface area contributed by atoms with Crippen molar-refractivity contribution in [3.8, 4) is 0 Å². The van der Waals surface area contributed by atoms with E-state index < -0.39 is 0 Å². The van der Waals surface area contributed by atoms with Crippen LogP contribution in [-0.2, 0) is 6.54 Å². The maximum Gasteiger partial charge on any atom is 0.202 e. The van der Waals surface area contributed by atoms with Crippen molar-refractivity contribution in [2.45, 2.75) is 38.5 Å². The average Bonchev–Trinajstić information content (AvgIpc) is 2.49. The molecule has 0 amide bonds. The summed E-state index contributed by atoms with van der Waals surface area (Å²) >= 11 is 0. The van der Waals surface area contributed by atoms with E-state index in [9.17, 15) is 0 Å². The van der Waals surface area contributed by atoms with E-state index >= 15 is 0 Å². The summed E-state index contributed by atoms with van der Waals surface area (Å²) in [6.45, 7) is 3.01. The number of aliphatic hydroxyl groups is 1. The van der Waals surface area contributed by atoms with Gasteiger partial charge in [-0.15, -0.1) is 0 Å². The molecule has 4 nitrogen and oxygen atoms in total. The summed E-state index contributed by atoms with van der Waals surface area (Å²) in [4.78, 5) is 4.20. The van der Waals surface area contributed by atoms with Crippen LogP contribution < -0.4 is 5.32 Å². The molecule has 1 aliphatic rings. The first-order valence-electron chi connectivity index (χ1n) is 4.75. The molecule has 1 heterocycles. The zero-order valence-corrected chi connectivity index (χ0v) is 7.77. The summed E-state index contributed by atoms with van der Waals surface area (Å²) in [5, 5.41) is 12.4. The highest BCUT2D eigenvalue weighted by Crippen LogP contribution is 2.23. The number of imidazole rings is 1. The van der Waals surface area contributed by atoms with Crippen molar-refractivity contribution in [2.24, 2.45) is 0 Å². The summed E-state index contributed by atoms with van der Waals surface area (Å²) in [6, 6.07) is 0.405. The van der Waals surface area contributed by atoms with Crippen LogP contribution in [0.4, 0.5) is 5.95 Å². The van der Waals surface area contributed by atoms with Crippen LogP contribution in [0.1, 0.15) is 19.8 Å². The number of nitrogens with zero attached hydrogens (tertiary/aromatic N) is 2. The highest BCUT2D eigenvalue weighted by molar-refractivity contribution is 5.28. The van der Waals surface area contributed by atoms with Crippen LogP contribution in [-0.4, -0.2) is 26.8 Å². The van der Waals surface area contributed by atoms with Gasteiger partial charge in [-0.05, 0) is 19.8 Å². The molecule has 1 aromatic heterocycles. The van der Waals surface area contributed by atoms with Crippen LogP contribution in [0, 0.1) is 0 Å². The molecule has 2 rings (SSSR count). The van der Waals surface area contributed by atoms with Crippen LogP contribution in [0.15, 0.2) is 12.4 Å². The lowest BCUT2D eigenvalue weighted by atomic mass is 9.90. The van der Waals surface area contributed by atoms with Crippen LogP contribution in [0.2, 0.25) is 0 Å². The van der Waals surface area contributed by atoms with Gasteiger partial charge in [0.2, 0.25) is 5.95 Å². The molecule has 0 spiro atoms. The van der Waals surface area contributed by atoms with Gasteiger partial charge in [-0.2, -0.15) is 0 Å². The zero-order valence-electron chi connectivity index (χ0n) is 7.77. The minimum Gasteiger partial charge on any atom is -0.393 e. The molecule has 0 aliphatic heterocycles. The molecule has 0 bridgehead atoms. The fraction of sp³-hybridized carbons (Fsp3) is 0.667. The molecule has 72 valence electrons. The van der Waals surface area contributed by atoms with Gasteiger partial charge in [-0.25, -0.2) is 4.98 Å². The third kappa shape index (κ3) is 1.67. The number of aliphatic hydroxyl groups excluding tert-OH is 1. The summed E-state index contributed by atoms with van der Waals surface area (Å²) in [6.07, 6.45) is 5.33. The molecule has 0 atom stereocenters. The van der Waals surface area contributed by atoms with Crippen molar-refractivity contribution in [1.82, 2.24) is 9.55 Å². The fourth-order valence-electron chi connectivity index (χ4n) is 1.59. The second kappa shape index (κ2) is 3.38. The Morgan fingerprint density at radius 3 is 3.08 bits per heavy atom. The van der Waals surface area contributed by atoms with Crippen LogP contribution in [0.3, 0.4) is 0 Å². The minimum atomic E-state index is -0.109. The maximum absolute atomic E-state index is 9.11. The van der Waals surface area contributed by atoms with Gasteiger partial charge in [0.25, 0.3) is 0 Å². The lowest BCUT2D eigenvalue weighted by Crippen LogP contribution is -2.39. The molecule has 13 heavy (non-hydrogen) atoms. The van der Waals surface area contributed by atoms with Gasteiger partial charge in [0.1, 0.15) is 0 Å². The van der Waals surface area contributed by atoms with Crippen LogP contribution in [0.25, 0.3) is 0 Å². The summed E-state index contributed by atoms with van der Waals surface area (Å²) in [5.74, 6) is 0.916. The van der Waals surface area contributed by atoms with Gasteiger partial charge in [0, 0.05) is 25.0 Å². The van der Waals surface area contributed by atoms with Crippen molar-refractivity contribution >= 4 is 5.95 Å². The summed E-state index contributed by atoms with van der Waals surface area (Å²) in [7, 11) is 0. The topological polar surface area (TPSA) is 50.1 Å². The number of aromatic nitrogens is 2. The van der Waals surface area contributed by atoms with Gasteiger partial charge in [0.05, 0.1) is 6.10 Å². The molecular formula is C9H15N3O. The Morgan fingerprint density at radius 1 is 1.69 bits per heavy atom. The Hall–Kier alpha value is -1.03. The molecule has 0 aromatic carbocycles. The molecule has 1 saturated carbocycles. The fourth-order valence-corrected chi connectivity index (χ4v) is 1.59. The third-order valence-electron chi connectivity index (χ3n) is 2.50. The highest BCUT2D eigenvalue weighted by Gasteiger charge is 2.27. The van der Waals surface area contributed by atoms with E-state index in [-0.39, 0.29) is 6.10 Å². The molecule has 4 heteroatoms. The Morgan fingerprint density at radius 2 is 2.46 bits per heavy atom. The van der Waals surface area contributed by atoms with E-state index in [2.05, 4.69) is 21.8 Å². The minimum absolute atomic E-state index is 0.109. The zero-order chi connectivity index (χ0) is 9.26. The molecule has 1 aromatic rings. The molecule has 2 N–H and O–H groups in total. The number of anilines is 1. The second-order valence-corrected chi connectivity index (χ2v) is 3.50. The summed E-state index contributed by atoms with van der Waals surface area (Å²) in [5.41, 5.74) is 0. The number of aryl methyl sites for hydroxylation is 1. The van der Waals surface area contributed by atoms with E-state index in [1.807, 2.05) is 6.20 Å². The van der Waals surface area contributed by atoms with Crippen molar-refractivity contribution < 1.29 is 5.11 Å². The van der Waals surface area contributed by atoms with E-state index in [4.69, 9.17) is 5.11 Å². The predicted molar refractivity (Wildman–Crippen MR) is 50.6 cm³/mol. The Kier molecular flexibility index (Phi) is 2.22. The average molecular weight is 181 g/mol. The van der Waals surface area contributed by atoms with Gasteiger partial charge < -0.3 is 15.0 Å². The standard InChI is InChI=1S/C9H15N3O/c1-2-12-4-3-10-9(12)11-7-5-8(13)6-7/h3-4,7-8,13H,2,5-6H2,1H3,(H,10,11). The number of nitrogens with one attached hydrogen (secondary N) is 1. The Balaban J connectivity index is 1.94. The normalized spacial score (nSPS) is 26.9. The lowest BCUT2D eigenvalue weighted by molar-refractivity contribution is 0.0833. The number of hydrogen-bond acceptors (Lipinski definition) is 3. The first-order valence-corrected chi connectivity index (χ1v) is 4.75. The van der Waals surface area contributed by atoms with Crippen molar-refractivity contribution in [3.05, 3.63) is 12.4 Å². The second-order valence-electron chi connectivity index (χ2n) is 3.50. The first-order chi connectivity index (χ1) is 6.29. The van der Waals surface area contributed by atoms with Crippen LogP contribution >= 0.6 is 0 Å². The van der Waals surface area contributed by atoms with Crippen LogP contribution in [0.5, 0.6) is 0 Å². The first kappa shape index (κ1) is 8.56. The highest BCUT2D eigenvalue weighted by atomic mass is 16.3. The third-order valence-corrected chi connectivity index (χ3v) is 2.50. The molecule has 0 radical (unpaired) electrons. The van der Waals surface area contributed by atoms with Gasteiger partial charge in [0.15, 0.2) is 0 Å². The Bertz CT molecular complexity index is 278. The molecule has 0 unspecified atom stereocenters. The predicted octanol–water partition coefficient (Wildman–Crippen LogP) is 0.838. The van der Waals surface area contributed by atoms with Gasteiger partial charge in [-0.3, -0.25) is 0 Å². The van der Waals surface area contributed by atoms with Crippen molar-refractivity contribution in [2.75, 3.05) is 5.32 Å². The van der Waals surface area contributed by atoms with Crippen molar-refractivity contribution in [1.29, 1.82) is 0 Å². The SMILES string of the molecule is CCn1ccnc1NC1CC(O)C1. The van der Waals surface area contributed by atoms with E-state index in [0.717, 1.165) is 25.3 Å². The molecule has 1 aliphatic carbocycles. The maximum atomic E-state index is 9.11. The molecule has 1 fully saturated rings. The number of rotatable bonds is 3. The quantitative estimate of drug-likeness (QED) is 0.726. The molecule has 0 saturated heterocycles. The molecular weight excluding hydrogens is 166 g/mol. The van der Waals surface area contributed by atoms with E-state index in [1.54, 1.807) is 6.20 Å². The van der Waals surface area contributed by atoms with Crippen molar-refractivity contribution in [3.63, 3.8) is 0 Å². The Labute approximate surface area is 77.6 Å². The largest absolute Gasteiger partial charge is 0.393 e. The number of hydrogen-bond donors (Lipinski definition) is 2. The van der Waals surface area contributed by atoms with E-state index in [0.29, 0.717) is 6.04 Å².